The summed E-state index contributed by atoms with van der Waals surface area (Å²) in [7, 11) is 0. The van der Waals surface area contributed by atoms with Crippen LogP contribution in [0.5, 0.6) is 0 Å². The second-order valence-corrected chi connectivity index (χ2v) is 4.00. The Labute approximate surface area is 72.6 Å². The van der Waals surface area contributed by atoms with Crippen LogP contribution in [0.15, 0.2) is 12.6 Å². The second kappa shape index (κ2) is 3.22. The van der Waals surface area contributed by atoms with Gasteiger partial charge in [-0.05, 0) is 37.5 Å². The smallest absolute Gasteiger partial charge is 0.0325 e. The van der Waals surface area contributed by atoms with Crippen molar-refractivity contribution in [2.45, 2.75) is 27.2 Å². The van der Waals surface area contributed by atoms with Crippen molar-refractivity contribution < 1.29 is 0 Å². The molecule has 0 spiro atoms. The number of aryl methyl sites for hydroxylation is 2. The molecule has 0 saturated heterocycles. The zero-order chi connectivity index (χ0) is 8.43. The largest absolute Gasteiger partial charge is 0.140 e. The molecule has 1 heteroatoms. The Kier molecular flexibility index (Phi) is 2.50. The summed E-state index contributed by atoms with van der Waals surface area (Å²) in [6, 6.07) is 2.26. The average Bonchev–Trinajstić information content (AvgIpc) is 2.30. The van der Waals surface area contributed by atoms with Gasteiger partial charge in [0, 0.05) is 9.75 Å². The molecule has 11 heavy (non-hydrogen) atoms. The van der Waals surface area contributed by atoms with Gasteiger partial charge in [0.25, 0.3) is 0 Å². The highest BCUT2D eigenvalue weighted by Crippen LogP contribution is 2.27. The fourth-order valence-corrected chi connectivity index (χ4v) is 2.18. The molecule has 0 bridgehead atoms. The first kappa shape index (κ1) is 8.54. The standard InChI is InChI=1S/C10H14S/c1-5-9-6-8(4)10(11-9)7(2)3/h6H,2,5H2,1,3-4H3. The van der Waals surface area contributed by atoms with Crippen molar-refractivity contribution in [3.63, 3.8) is 0 Å². The number of allylic oxidation sites excluding steroid dienone is 1. The number of rotatable bonds is 2. The highest BCUT2D eigenvalue weighted by Gasteiger charge is 2.03. The van der Waals surface area contributed by atoms with Gasteiger partial charge in [-0.2, -0.15) is 0 Å². The van der Waals surface area contributed by atoms with E-state index in [2.05, 4.69) is 33.4 Å². The minimum atomic E-state index is 1.14. The molecule has 60 valence electrons. The predicted octanol–water partition coefficient (Wildman–Crippen LogP) is 3.65. The van der Waals surface area contributed by atoms with Crippen molar-refractivity contribution in [2.24, 2.45) is 0 Å². The lowest BCUT2D eigenvalue weighted by Gasteiger charge is -1.93. The average molecular weight is 166 g/mol. The van der Waals surface area contributed by atoms with Crippen molar-refractivity contribution in [3.05, 3.63) is 28.0 Å². The van der Waals surface area contributed by atoms with Gasteiger partial charge in [0.1, 0.15) is 0 Å². The lowest BCUT2D eigenvalue weighted by molar-refractivity contribution is 1.18. The van der Waals surface area contributed by atoms with E-state index in [1.165, 1.54) is 20.9 Å². The van der Waals surface area contributed by atoms with E-state index in [9.17, 15) is 0 Å². The SMILES string of the molecule is C=C(C)c1sc(CC)cc1C. The Morgan fingerprint density at radius 3 is 2.55 bits per heavy atom. The van der Waals surface area contributed by atoms with Crippen LogP contribution < -0.4 is 0 Å². The molecule has 0 saturated carbocycles. The highest BCUT2D eigenvalue weighted by molar-refractivity contribution is 7.13. The van der Waals surface area contributed by atoms with Crippen molar-refractivity contribution in [1.29, 1.82) is 0 Å². The molecule has 0 nitrogen and oxygen atoms in total. The van der Waals surface area contributed by atoms with E-state index in [0.717, 1.165) is 6.42 Å². The summed E-state index contributed by atoms with van der Waals surface area (Å²) < 4.78 is 0. The number of hydrogen-bond acceptors (Lipinski definition) is 1. The Balaban J connectivity index is 3.07. The van der Waals surface area contributed by atoms with E-state index >= 15 is 0 Å². The van der Waals surface area contributed by atoms with E-state index in [4.69, 9.17) is 0 Å². The third-order valence-corrected chi connectivity index (χ3v) is 3.25. The monoisotopic (exact) mass is 166 g/mol. The first-order valence-electron chi connectivity index (χ1n) is 3.90. The van der Waals surface area contributed by atoms with E-state index in [1.54, 1.807) is 0 Å². The Bertz CT molecular complexity index is 268. The zero-order valence-electron chi connectivity index (χ0n) is 7.40. The molecule has 0 aliphatic carbocycles. The quantitative estimate of drug-likeness (QED) is 0.629. The molecule has 1 aromatic rings. The summed E-state index contributed by atoms with van der Waals surface area (Å²) in [5.74, 6) is 0. The lowest BCUT2D eigenvalue weighted by atomic mass is 10.2. The zero-order valence-corrected chi connectivity index (χ0v) is 8.22. The second-order valence-electron chi connectivity index (χ2n) is 2.86. The van der Waals surface area contributed by atoms with Gasteiger partial charge in [-0.3, -0.25) is 0 Å². The van der Waals surface area contributed by atoms with E-state index in [1.807, 2.05) is 11.3 Å². The van der Waals surface area contributed by atoms with Crippen LogP contribution in [0.4, 0.5) is 0 Å². The molecule has 0 aromatic carbocycles. The molecule has 0 N–H and O–H groups in total. The van der Waals surface area contributed by atoms with Gasteiger partial charge in [-0.1, -0.05) is 13.5 Å². The fourth-order valence-electron chi connectivity index (χ4n) is 1.15. The molecule has 0 atom stereocenters. The summed E-state index contributed by atoms with van der Waals surface area (Å²) in [6.45, 7) is 10.4. The third kappa shape index (κ3) is 1.72. The molecular weight excluding hydrogens is 152 g/mol. The maximum Gasteiger partial charge on any atom is 0.0325 e. The van der Waals surface area contributed by atoms with Crippen LogP contribution in [0.3, 0.4) is 0 Å². The normalized spacial score (nSPS) is 10.1. The van der Waals surface area contributed by atoms with Gasteiger partial charge in [-0.15, -0.1) is 11.3 Å². The van der Waals surface area contributed by atoms with E-state index < -0.39 is 0 Å². The molecule has 1 heterocycles. The van der Waals surface area contributed by atoms with Crippen molar-refractivity contribution in [3.8, 4) is 0 Å². The first-order valence-corrected chi connectivity index (χ1v) is 4.72. The maximum atomic E-state index is 3.94. The molecule has 0 aliphatic heterocycles. The summed E-state index contributed by atoms with van der Waals surface area (Å²) in [5.41, 5.74) is 2.56. The Hall–Kier alpha value is -0.560. The van der Waals surface area contributed by atoms with Crippen LogP contribution in [-0.4, -0.2) is 0 Å². The molecule has 0 amide bonds. The minimum absolute atomic E-state index is 1.14. The first-order chi connectivity index (χ1) is 5.15. The Morgan fingerprint density at radius 1 is 1.64 bits per heavy atom. The lowest BCUT2D eigenvalue weighted by Crippen LogP contribution is -1.71. The molecule has 0 radical (unpaired) electrons. The minimum Gasteiger partial charge on any atom is -0.140 e. The van der Waals surface area contributed by atoms with Gasteiger partial charge in [-0.25, -0.2) is 0 Å². The summed E-state index contributed by atoms with van der Waals surface area (Å²) in [5, 5.41) is 0. The molecular formula is C10H14S. The van der Waals surface area contributed by atoms with Crippen molar-refractivity contribution in [1.82, 2.24) is 0 Å². The summed E-state index contributed by atoms with van der Waals surface area (Å²) >= 11 is 1.87. The summed E-state index contributed by atoms with van der Waals surface area (Å²) in [6.07, 6.45) is 1.14. The highest BCUT2D eigenvalue weighted by atomic mass is 32.1. The molecule has 1 rings (SSSR count). The van der Waals surface area contributed by atoms with Crippen LogP contribution in [-0.2, 0) is 6.42 Å². The summed E-state index contributed by atoms with van der Waals surface area (Å²) in [4.78, 5) is 2.82. The van der Waals surface area contributed by atoms with Crippen LogP contribution in [0.1, 0.15) is 29.2 Å². The Morgan fingerprint density at radius 2 is 2.27 bits per heavy atom. The van der Waals surface area contributed by atoms with Crippen LogP contribution in [0, 0.1) is 6.92 Å². The van der Waals surface area contributed by atoms with Crippen LogP contribution in [0.2, 0.25) is 0 Å². The molecule has 0 fully saturated rings. The van der Waals surface area contributed by atoms with Gasteiger partial charge in [0.05, 0.1) is 0 Å². The maximum absolute atomic E-state index is 3.94. The van der Waals surface area contributed by atoms with E-state index in [0.29, 0.717) is 0 Å². The molecule has 0 unspecified atom stereocenters. The van der Waals surface area contributed by atoms with E-state index in [-0.39, 0.29) is 0 Å². The topological polar surface area (TPSA) is 0 Å². The van der Waals surface area contributed by atoms with Crippen LogP contribution in [0.25, 0.3) is 5.57 Å². The van der Waals surface area contributed by atoms with Crippen molar-refractivity contribution in [2.75, 3.05) is 0 Å². The van der Waals surface area contributed by atoms with Gasteiger partial charge >= 0.3 is 0 Å². The van der Waals surface area contributed by atoms with Gasteiger partial charge in [0.15, 0.2) is 0 Å². The van der Waals surface area contributed by atoms with Crippen LogP contribution >= 0.6 is 11.3 Å². The van der Waals surface area contributed by atoms with Gasteiger partial charge in [0.2, 0.25) is 0 Å². The predicted molar refractivity (Wildman–Crippen MR) is 53.1 cm³/mol. The number of thiophene rings is 1. The molecule has 0 aliphatic rings. The number of hydrogen-bond donors (Lipinski definition) is 0. The third-order valence-electron chi connectivity index (χ3n) is 1.70. The van der Waals surface area contributed by atoms with Crippen molar-refractivity contribution >= 4 is 16.9 Å². The fraction of sp³-hybridized carbons (Fsp3) is 0.400. The molecule has 1 aromatic heterocycles. The van der Waals surface area contributed by atoms with Gasteiger partial charge < -0.3 is 0 Å².